The molecule has 150 valence electrons. The molecule has 3 aliphatic rings. The third kappa shape index (κ3) is 2.74. The highest BCUT2D eigenvalue weighted by Gasteiger charge is 2.61. The molecule has 0 bridgehead atoms. The normalized spacial score (nSPS) is 25.7. The third-order valence-electron chi connectivity index (χ3n) is 6.42. The Morgan fingerprint density at radius 1 is 1.14 bits per heavy atom. The van der Waals surface area contributed by atoms with E-state index in [1.807, 2.05) is 58.3 Å². The number of benzene rings is 2. The second kappa shape index (κ2) is 6.88. The van der Waals surface area contributed by atoms with E-state index in [0.29, 0.717) is 31.6 Å². The predicted molar refractivity (Wildman–Crippen MR) is 108 cm³/mol. The molecule has 2 amide bonds. The molecule has 3 heterocycles. The summed E-state index contributed by atoms with van der Waals surface area (Å²) in [5, 5.41) is 0. The van der Waals surface area contributed by atoms with Crippen molar-refractivity contribution in [2.45, 2.75) is 31.0 Å². The minimum atomic E-state index is -0.609. The smallest absolute Gasteiger partial charge is 0.254 e. The third-order valence-corrected chi connectivity index (χ3v) is 6.42. The number of likely N-dealkylation sites (tertiary alicyclic amines) is 1. The van der Waals surface area contributed by atoms with Crippen LogP contribution in [0.2, 0.25) is 0 Å². The van der Waals surface area contributed by atoms with Gasteiger partial charge in [-0.3, -0.25) is 9.59 Å². The molecule has 6 heteroatoms. The average Bonchev–Trinajstić information content (AvgIpc) is 3.25. The molecule has 2 aromatic rings. The summed E-state index contributed by atoms with van der Waals surface area (Å²) in [6.45, 7) is 1.99. The minimum Gasteiger partial charge on any atom is -0.496 e. The lowest BCUT2D eigenvalue weighted by Gasteiger charge is -2.42. The van der Waals surface area contributed by atoms with E-state index in [9.17, 15) is 9.59 Å². The van der Waals surface area contributed by atoms with Crippen LogP contribution in [0, 0.1) is 0 Å². The molecule has 2 atom stereocenters. The number of ether oxygens (including phenoxy) is 2. The molecule has 0 N–H and O–H groups in total. The molecule has 0 saturated carbocycles. The topological polar surface area (TPSA) is 59.1 Å². The Kier molecular flexibility index (Phi) is 4.32. The quantitative estimate of drug-likeness (QED) is 0.806. The second-order valence-electron chi connectivity index (χ2n) is 7.84. The lowest BCUT2D eigenvalue weighted by molar-refractivity contribution is -0.179. The molecule has 3 saturated heterocycles. The molecule has 0 aliphatic carbocycles. The zero-order valence-electron chi connectivity index (χ0n) is 16.5. The van der Waals surface area contributed by atoms with Gasteiger partial charge in [0.05, 0.1) is 26.2 Å². The van der Waals surface area contributed by atoms with Gasteiger partial charge in [0.1, 0.15) is 5.75 Å². The van der Waals surface area contributed by atoms with Crippen molar-refractivity contribution in [3.63, 3.8) is 0 Å². The van der Waals surface area contributed by atoms with Crippen molar-refractivity contribution >= 4 is 11.8 Å². The molecular weight excluding hydrogens is 368 g/mol. The average molecular weight is 392 g/mol. The van der Waals surface area contributed by atoms with Crippen LogP contribution in [0.1, 0.15) is 29.6 Å². The Morgan fingerprint density at radius 3 is 2.72 bits per heavy atom. The van der Waals surface area contributed by atoms with Crippen molar-refractivity contribution in [2.75, 3.05) is 26.8 Å². The fourth-order valence-electron chi connectivity index (χ4n) is 5.03. The first-order chi connectivity index (χ1) is 14.1. The van der Waals surface area contributed by atoms with Crippen LogP contribution in [0.3, 0.4) is 0 Å². The van der Waals surface area contributed by atoms with Crippen LogP contribution in [-0.4, -0.2) is 60.2 Å². The number of para-hydroxylation sites is 1. The first kappa shape index (κ1) is 18.2. The fraction of sp³-hybridized carbons (Fsp3) is 0.391. The van der Waals surface area contributed by atoms with Gasteiger partial charge in [0.2, 0.25) is 5.91 Å². The highest BCUT2D eigenvalue weighted by Crippen LogP contribution is 2.45. The van der Waals surface area contributed by atoms with Crippen LogP contribution < -0.4 is 4.74 Å². The number of carbonyl (C=O) groups excluding carboxylic acids is 2. The first-order valence-corrected chi connectivity index (χ1v) is 10.1. The van der Waals surface area contributed by atoms with Crippen LogP contribution in [0.5, 0.6) is 5.75 Å². The zero-order chi connectivity index (χ0) is 20.0. The van der Waals surface area contributed by atoms with Crippen LogP contribution in [0.4, 0.5) is 0 Å². The van der Waals surface area contributed by atoms with E-state index >= 15 is 0 Å². The Bertz CT molecular complexity index is 958. The molecule has 0 unspecified atom stereocenters. The molecule has 5 rings (SSSR count). The lowest BCUT2D eigenvalue weighted by atomic mass is 10.0. The van der Waals surface area contributed by atoms with Crippen LogP contribution in [0.25, 0.3) is 11.1 Å². The number of rotatable bonds is 3. The van der Waals surface area contributed by atoms with E-state index in [4.69, 9.17) is 9.47 Å². The van der Waals surface area contributed by atoms with E-state index in [0.717, 1.165) is 29.8 Å². The second-order valence-corrected chi connectivity index (χ2v) is 7.84. The van der Waals surface area contributed by atoms with Crippen molar-refractivity contribution in [2.24, 2.45) is 0 Å². The molecular formula is C23H24N2O4. The molecule has 6 nitrogen and oxygen atoms in total. The van der Waals surface area contributed by atoms with Crippen molar-refractivity contribution in [3.05, 3.63) is 54.1 Å². The van der Waals surface area contributed by atoms with Gasteiger partial charge in [0, 0.05) is 30.6 Å². The molecule has 3 fully saturated rings. The molecule has 29 heavy (non-hydrogen) atoms. The number of nitrogens with zero attached hydrogens (tertiary/aromatic N) is 2. The maximum Gasteiger partial charge on any atom is 0.254 e. The van der Waals surface area contributed by atoms with Gasteiger partial charge in [0.25, 0.3) is 5.91 Å². The highest BCUT2D eigenvalue weighted by atomic mass is 16.5. The Labute approximate surface area is 170 Å². The van der Waals surface area contributed by atoms with Crippen LogP contribution in [0.15, 0.2) is 48.5 Å². The van der Waals surface area contributed by atoms with Crippen LogP contribution in [-0.2, 0) is 9.53 Å². The standard InChI is InChI=1S/C23H24N2O4/c1-28-19-6-3-2-5-18(19)16-7-9-17(10-8-16)22(27)24-13-11-23-20(24)15-21(26)25(23)12-4-14-29-23/h2-3,5-10,20H,4,11-15H2,1H3/t20-,23+/m1/s1. The van der Waals surface area contributed by atoms with E-state index in [-0.39, 0.29) is 17.9 Å². The van der Waals surface area contributed by atoms with Crippen molar-refractivity contribution in [1.29, 1.82) is 0 Å². The maximum atomic E-state index is 13.3. The summed E-state index contributed by atoms with van der Waals surface area (Å²) < 4.78 is 11.5. The van der Waals surface area contributed by atoms with E-state index in [2.05, 4.69) is 0 Å². The Morgan fingerprint density at radius 2 is 1.93 bits per heavy atom. The summed E-state index contributed by atoms with van der Waals surface area (Å²) in [6, 6.07) is 15.2. The lowest BCUT2D eigenvalue weighted by Crippen LogP contribution is -2.56. The summed E-state index contributed by atoms with van der Waals surface area (Å²) >= 11 is 0. The number of hydrogen-bond acceptors (Lipinski definition) is 4. The van der Waals surface area contributed by atoms with Gasteiger partial charge in [0.15, 0.2) is 5.72 Å². The van der Waals surface area contributed by atoms with E-state index in [1.165, 1.54) is 0 Å². The number of methoxy groups -OCH3 is 1. The van der Waals surface area contributed by atoms with Crippen molar-refractivity contribution in [3.8, 4) is 16.9 Å². The SMILES string of the molecule is COc1ccccc1-c1ccc(C(=O)N2CC[C@@]34OCCCN3C(=O)C[C@@H]24)cc1. The summed E-state index contributed by atoms with van der Waals surface area (Å²) in [6.07, 6.45) is 1.90. The molecule has 1 spiro atoms. The maximum absolute atomic E-state index is 13.3. The van der Waals surface area contributed by atoms with Gasteiger partial charge in [-0.1, -0.05) is 30.3 Å². The summed E-state index contributed by atoms with van der Waals surface area (Å²) in [5.41, 5.74) is 2.00. The van der Waals surface area contributed by atoms with E-state index in [1.54, 1.807) is 7.11 Å². The summed E-state index contributed by atoms with van der Waals surface area (Å²) in [4.78, 5) is 29.4. The number of carbonyl (C=O) groups is 2. The molecule has 3 aliphatic heterocycles. The fourth-order valence-corrected chi connectivity index (χ4v) is 5.03. The minimum absolute atomic E-state index is 0.0396. The predicted octanol–water partition coefficient (Wildman–Crippen LogP) is 2.93. The Hall–Kier alpha value is -2.86. The van der Waals surface area contributed by atoms with Gasteiger partial charge < -0.3 is 19.3 Å². The molecule has 0 radical (unpaired) electrons. The number of amides is 2. The van der Waals surface area contributed by atoms with Gasteiger partial charge in [-0.05, 0) is 30.2 Å². The Balaban J connectivity index is 1.40. The highest BCUT2D eigenvalue weighted by molar-refractivity contribution is 5.96. The van der Waals surface area contributed by atoms with Gasteiger partial charge >= 0.3 is 0 Å². The van der Waals surface area contributed by atoms with Gasteiger partial charge in [-0.25, -0.2) is 0 Å². The van der Waals surface area contributed by atoms with Gasteiger partial charge in [-0.15, -0.1) is 0 Å². The summed E-state index contributed by atoms with van der Waals surface area (Å²) in [5.74, 6) is 0.855. The zero-order valence-corrected chi connectivity index (χ0v) is 16.5. The van der Waals surface area contributed by atoms with E-state index < -0.39 is 5.72 Å². The first-order valence-electron chi connectivity index (χ1n) is 10.1. The van der Waals surface area contributed by atoms with Crippen molar-refractivity contribution in [1.82, 2.24) is 9.80 Å². The molecule has 2 aromatic carbocycles. The largest absolute Gasteiger partial charge is 0.496 e. The number of hydrogen-bond donors (Lipinski definition) is 0. The van der Waals surface area contributed by atoms with Crippen LogP contribution >= 0.6 is 0 Å². The van der Waals surface area contributed by atoms with Gasteiger partial charge in [-0.2, -0.15) is 0 Å². The summed E-state index contributed by atoms with van der Waals surface area (Å²) in [7, 11) is 1.65. The monoisotopic (exact) mass is 392 g/mol. The molecule has 0 aromatic heterocycles. The van der Waals surface area contributed by atoms with Crippen molar-refractivity contribution < 1.29 is 19.1 Å².